The first-order valence-electron chi connectivity index (χ1n) is 9.48. The molecule has 7 heteroatoms. The van der Waals surface area contributed by atoms with Crippen LogP contribution in [-0.4, -0.2) is 62.4 Å². The van der Waals surface area contributed by atoms with E-state index in [1.807, 2.05) is 30.2 Å². The summed E-state index contributed by atoms with van der Waals surface area (Å²) in [7, 11) is 1.64. The van der Waals surface area contributed by atoms with E-state index in [1.165, 1.54) is 0 Å². The van der Waals surface area contributed by atoms with Crippen LogP contribution >= 0.6 is 11.6 Å². The van der Waals surface area contributed by atoms with Crippen LogP contribution in [-0.2, 0) is 4.74 Å². The van der Waals surface area contributed by atoms with Gasteiger partial charge in [-0.1, -0.05) is 17.7 Å². The standard InChI is InChI=1S/C21H25ClN4O2/c1-16-3-8-19(23-11-16)24-12-21(13-24)14-25(15-21)20(27)26(9-10-28-2)18-6-4-17(22)5-7-18/h3-8,11H,9-10,12-15H2,1-2H3. The molecule has 0 bridgehead atoms. The van der Waals surface area contributed by atoms with Crippen LogP contribution in [0.25, 0.3) is 0 Å². The van der Waals surface area contributed by atoms with Gasteiger partial charge in [0.1, 0.15) is 5.82 Å². The number of ether oxygens (including phenoxy) is 1. The summed E-state index contributed by atoms with van der Waals surface area (Å²) >= 11 is 5.99. The molecule has 2 saturated heterocycles. The predicted molar refractivity (Wildman–Crippen MR) is 111 cm³/mol. The number of halogens is 1. The molecule has 2 aliphatic heterocycles. The summed E-state index contributed by atoms with van der Waals surface area (Å²) in [5, 5.41) is 0.657. The normalized spacial score (nSPS) is 17.2. The zero-order chi connectivity index (χ0) is 19.7. The molecule has 0 saturated carbocycles. The Bertz CT molecular complexity index is 826. The molecule has 2 aliphatic rings. The molecular weight excluding hydrogens is 376 g/mol. The number of amides is 2. The lowest BCUT2D eigenvalue weighted by Crippen LogP contribution is -2.74. The Morgan fingerprint density at radius 2 is 1.89 bits per heavy atom. The van der Waals surface area contributed by atoms with Crippen molar-refractivity contribution in [1.82, 2.24) is 9.88 Å². The number of aryl methyl sites for hydroxylation is 1. The van der Waals surface area contributed by atoms with Crippen molar-refractivity contribution in [2.24, 2.45) is 5.41 Å². The van der Waals surface area contributed by atoms with Gasteiger partial charge in [-0.2, -0.15) is 0 Å². The summed E-state index contributed by atoms with van der Waals surface area (Å²) < 4.78 is 5.19. The monoisotopic (exact) mass is 400 g/mol. The Morgan fingerprint density at radius 1 is 1.18 bits per heavy atom. The molecule has 4 rings (SSSR count). The van der Waals surface area contributed by atoms with Crippen LogP contribution in [0.4, 0.5) is 16.3 Å². The number of carbonyl (C=O) groups is 1. The fraction of sp³-hybridized carbons (Fsp3) is 0.429. The Kier molecular flexibility index (Phi) is 5.17. The molecule has 148 valence electrons. The highest BCUT2D eigenvalue weighted by Gasteiger charge is 2.54. The maximum atomic E-state index is 13.1. The number of anilines is 2. The van der Waals surface area contributed by atoms with E-state index < -0.39 is 0 Å². The number of methoxy groups -OCH3 is 1. The molecule has 0 aliphatic carbocycles. The van der Waals surface area contributed by atoms with Crippen molar-refractivity contribution >= 4 is 29.1 Å². The van der Waals surface area contributed by atoms with Crippen LogP contribution in [0.5, 0.6) is 0 Å². The van der Waals surface area contributed by atoms with Gasteiger partial charge in [-0.15, -0.1) is 0 Å². The topological polar surface area (TPSA) is 48.9 Å². The average Bonchev–Trinajstić information content (AvgIpc) is 2.62. The highest BCUT2D eigenvalue weighted by Crippen LogP contribution is 2.42. The van der Waals surface area contributed by atoms with E-state index in [9.17, 15) is 4.79 Å². The number of aromatic nitrogens is 1. The smallest absolute Gasteiger partial charge is 0.324 e. The fourth-order valence-electron chi connectivity index (χ4n) is 3.98. The number of carbonyl (C=O) groups excluding carboxylic acids is 1. The van der Waals surface area contributed by atoms with Crippen LogP contribution in [0.3, 0.4) is 0 Å². The van der Waals surface area contributed by atoms with Crippen LogP contribution in [0.15, 0.2) is 42.6 Å². The lowest BCUT2D eigenvalue weighted by atomic mass is 9.73. The van der Waals surface area contributed by atoms with Crippen molar-refractivity contribution in [1.29, 1.82) is 0 Å². The van der Waals surface area contributed by atoms with Crippen LogP contribution in [0.1, 0.15) is 5.56 Å². The number of benzene rings is 1. The van der Waals surface area contributed by atoms with E-state index in [1.54, 1.807) is 24.1 Å². The molecule has 0 unspecified atom stereocenters. The highest BCUT2D eigenvalue weighted by atomic mass is 35.5. The van der Waals surface area contributed by atoms with Crippen LogP contribution in [0.2, 0.25) is 5.02 Å². The van der Waals surface area contributed by atoms with Crippen molar-refractivity contribution in [3.63, 3.8) is 0 Å². The minimum absolute atomic E-state index is 0.0249. The zero-order valence-corrected chi connectivity index (χ0v) is 17.0. The van der Waals surface area contributed by atoms with E-state index in [-0.39, 0.29) is 11.4 Å². The Morgan fingerprint density at radius 3 is 2.50 bits per heavy atom. The molecule has 2 fully saturated rings. The minimum Gasteiger partial charge on any atom is -0.383 e. The van der Waals surface area contributed by atoms with Crippen LogP contribution in [0, 0.1) is 12.3 Å². The van der Waals surface area contributed by atoms with Crippen molar-refractivity contribution in [3.05, 3.63) is 53.2 Å². The summed E-state index contributed by atoms with van der Waals surface area (Å²) in [5.74, 6) is 1.02. The molecule has 2 amide bonds. The number of hydrogen-bond acceptors (Lipinski definition) is 4. The first-order valence-corrected chi connectivity index (χ1v) is 9.86. The van der Waals surface area contributed by atoms with Gasteiger partial charge in [-0.3, -0.25) is 4.90 Å². The van der Waals surface area contributed by atoms with E-state index in [0.717, 1.165) is 43.2 Å². The SMILES string of the molecule is COCCN(C(=O)N1CC2(C1)CN(c1ccc(C)cn1)C2)c1ccc(Cl)cc1. The number of urea groups is 1. The summed E-state index contributed by atoms with van der Waals surface area (Å²) in [6.07, 6.45) is 1.90. The first kappa shape index (κ1) is 19.0. The Hall–Kier alpha value is -2.31. The summed E-state index contributed by atoms with van der Waals surface area (Å²) in [4.78, 5) is 23.5. The van der Waals surface area contributed by atoms with Gasteiger partial charge in [0.15, 0.2) is 0 Å². The third-order valence-corrected chi connectivity index (χ3v) is 5.74. The van der Waals surface area contributed by atoms with Gasteiger partial charge >= 0.3 is 6.03 Å². The first-order chi connectivity index (χ1) is 13.5. The number of hydrogen-bond donors (Lipinski definition) is 0. The maximum Gasteiger partial charge on any atom is 0.324 e. The molecule has 1 aromatic carbocycles. The van der Waals surface area contributed by atoms with Gasteiger partial charge in [0.2, 0.25) is 0 Å². The molecule has 0 N–H and O–H groups in total. The van der Waals surface area contributed by atoms with Crippen molar-refractivity contribution in [3.8, 4) is 0 Å². The maximum absolute atomic E-state index is 13.1. The quantitative estimate of drug-likeness (QED) is 0.771. The van der Waals surface area contributed by atoms with Gasteiger partial charge in [0.25, 0.3) is 0 Å². The van der Waals surface area contributed by atoms with Gasteiger partial charge in [-0.25, -0.2) is 9.78 Å². The molecule has 2 aromatic rings. The third-order valence-electron chi connectivity index (χ3n) is 5.48. The predicted octanol–water partition coefficient (Wildman–Crippen LogP) is 3.44. The number of likely N-dealkylation sites (tertiary alicyclic amines) is 1. The van der Waals surface area contributed by atoms with E-state index in [2.05, 4.69) is 22.0 Å². The largest absolute Gasteiger partial charge is 0.383 e. The van der Waals surface area contributed by atoms with Gasteiger partial charge in [0.05, 0.1) is 13.2 Å². The second-order valence-electron chi connectivity index (χ2n) is 7.81. The number of rotatable bonds is 5. The lowest BCUT2D eigenvalue weighted by Gasteiger charge is -2.60. The fourth-order valence-corrected chi connectivity index (χ4v) is 4.11. The van der Waals surface area contributed by atoms with E-state index >= 15 is 0 Å². The molecule has 6 nitrogen and oxygen atoms in total. The molecule has 0 radical (unpaired) electrons. The zero-order valence-electron chi connectivity index (χ0n) is 16.3. The van der Waals surface area contributed by atoms with Crippen LogP contribution < -0.4 is 9.80 Å². The van der Waals surface area contributed by atoms with Crippen molar-refractivity contribution in [2.45, 2.75) is 6.92 Å². The minimum atomic E-state index is 0.0249. The molecule has 0 atom stereocenters. The molecule has 3 heterocycles. The van der Waals surface area contributed by atoms with Gasteiger partial charge in [-0.05, 0) is 42.8 Å². The van der Waals surface area contributed by atoms with E-state index in [0.29, 0.717) is 18.2 Å². The lowest BCUT2D eigenvalue weighted by molar-refractivity contribution is 0.00937. The second-order valence-corrected chi connectivity index (χ2v) is 8.25. The van der Waals surface area contributed by atoms with E-state index in [4.69, 9.17) is 16.3 Å². The van der Waals surface area contributed by atoms with Gasteiger partial charge in [0, 0.05) is 55.6 Å². The highest BCUT2D eigenvalue weighted by molar-refractivity contribution is 6.30. The van der Waals surface area contributed by atoms with Crippen molar-refractivity contribution < 1.29 is 9.53 Å². The second kappa shape index (κ2) is 7.60. The average molecular weight is 401 g/mol. The molecule has 1 aromatic heterocycles. The number of nitrogens with zero attached hydrogens (tertiary/aromatic N) is 4. The van der Waals surface area contributed by atoms with Crippen molar-refractivity contribution in [2.75, 3.05) is 56.2 Å². The molecule has 28 heavy (non-hydrogen) atoms. The third kappa shape index (κ3) is 3.66. The molecular formula is C21H25ClN4O2. The Labute approximate surface area is 170 Å². The Balaban J connectivity index is 1.36. The summed E-state index contributed by atoms with van der Waals surface area (Å²) in [6.45, 7) is 6.51. The molecule has 1 spiro atoms. The summed E-state index contributed by atoms with van der Waals surface area (Å²) in [6, 6.07) is 11.5. The number of pyridine rings is 1. The van der Waals surface area contributed by atoms with Gasteiger partial charge < -0.3 is 14.5 Å². The summed E-state index contributed by atoms with van der Waals surface area (Å²) in [5.41, 5.74) is 2.21.